The maximum Gasteiger partial charge on any atom is 0.416 e. The third-order valence-corrected chi connectivity index (χ3v) is 3.45. The summed E-state index contributed by atoms with van der Waals surface area (Å²) >= 11 is 0. The molecule has 0 saturated heterocycles. The minimum atomic E-state index is -4.33. The zero-order chi connectivity index (χ0) is 16.9. The molecule has 0 radical (unpaired) electrons. The van der Waals surface area contributed by atoms with Gasteiger partial charge in [-0.3, -0.25) is 0 Å². The Morgan fingerprint density at radius 1 is 1.09 bits per heavy atom. The highest BCUT2D eigenvalue weighted by Gasteiger charge is 2.30. The monoisotopic (exact) mass is 323 g/mol. The molecule has 2 aromatic carbocycles. The smallest absolute Gasteiger partial charge is 0.416 e. The van der Waals surface area contributed by atoms with Crippen molar-refractivity contribution in [3.8, 4) is 5.75 Å². The lowest BCUT2D eigenvalue weighted by Crippen LogP contribution is -2.22. The van der Waals surface area contributed by atoms with Gasteiger partial charge in [-0.2, -0.15) is 13.2 Å². The Kier molecular flexibility index (Phi) is 5.53. The fourth-order valence-corrected chi connectivity index (χ4v) is 2.14. The lowest BCUT2D eigenvalue weighted by atomic mass is 10.2. The topological polar surface area (TPSA) is 21.3 Å². The Hall–Kier alpha value is -2.17. The molecule has 1 atom stereocenters. The summed E-state index contributed by atoms with van der Waals surface area (Å²) < 4.78 is 43.7. The summed E-state index contributed by atoms with van der Waals surface area (Å²) in [6.45, 7) is 4.36. The van der Waals surface area contributed by atoms with E-state index in [1.54, 1.807) is 6.07 Å². The molecule has 0 aromatic heterocycles. The summed E-state index contributed by atoms with van der Waals surface area (Å²) in [5.41, 5.74) is 0.995. The number of benzene rings is 2. The van der Waals surface area contributed by atoms with Crippen molar-refractivity contribution in [2.75, 3.05) is 11.9 Å². The van der Waals surface area contributed by atoms with E-state index in [1.165, 1.54) is 11.6 Å². The predicted octanol–water partition coefficient (Wildman–Crippen LogP) is 5.15. The molecule has 0 aliphatic rings. The van der Waals surface area contributed by atoms with E-state index in [0.29, 0.717) is 12.2 Å². The van der Waals surface area contributed by atoms with Crippen LogP contribution in [-0.2, 0) is 12.6 Å². The van der Waals surface area contributed by atoms with Crippen molar-refractivity contribution in [2.24, 2.45) is 0 Å². The number of anilines is 1. The van der Waals surface area contributed by atoms with Crippen LogP contribution in [0.4, 0.5) is 18.9 Å². The first-order valence-electron chi connectivity index (χ1n) is 7.55. The zero-order valence-corrected chi connectivity index (χ0v) is 13.2. The predicted molar refractivity (Wildman–Crippen MR) is 85.8 cm³/mol. The van der Waals surface area contributed by atoms with Gasteiger partial charge in [0.1, 0.15) is 11.9 Å². The Balaban J connectivity index is 1.90. The van der Waals surface area contributed by atoms with Crippen LogP contribution in [0.3, 0.4) is 0 Å². The van der Waals surface area contributed by atoms with Crippen LogP contribution in [0.2, 0.25) is 0 Å². The molecule has 2 aromatic rings. The maximum absolute atomic E-state index is 12.7. The Morgan fingerprint density at radius 2 is 1.78 bits per heavy atom. The van der Waals surface area contributed by atoms with E-state index in [4.69, 9.17) is 4.74 Å². The van der Waals surface area contributed by atoms with Crippen LogP contribution in [0.1, 0.15) is 25.0 Å². The molecule has 0 fully saturated rings. The van der Waals surface area contributed by atoms with Crippen molar-refractivity contribution in [1.29, 1.82) is 0 Å². The highest BCUT2D eigenvalue weighted by Crippen LogP contribution is 2.30. The maximum atomic E-state index is 12.7. The third kappa shape index (κ3) is 5.20. The Bertz CT molecular complexity index is 623. The molecule has 1 unspecified atom stereocenters. The second-order valence-corrected chi connectivity index (χ2v) is 5.39. The molecule has 0 amide bonds. The molecular formula is C18H20F3NO. The van der Waals surface area contributed by atoms with Crippen LogP contribution in [0.5, 0.6) is 5.75 Å². The molecule has 2 rings (SSSR count). The summed E-state index contributed by atoms with van der Waals surface area (Å²) in [5, 5.41) is 2.97. The zero-order valence-electron chi connectivity index (χ0n) is 13.2. The Morgan fingerprint density at radius 3 is 2.39 bits per heavy atom. The van der Waals surface area contributed by atoms with Crippen LogP contribution in [0, 0.1) is 0 Å². The van der Waals surface area contributed by atoms with Crippen molar-refractivity contribution in [1.82, 2.24) is 0 Å². The minimum absolute atomic E-state index is 0.169. The van der Waals surface area contributed by atoms with E-state index in [9.17, 15) is 13.2 Å². The van der Waals surface area contributed by atoms with Crippen molar-refractivity contribution in [2.45, 2.75) is 32.5 Å². The number of hydrogen-bond donors (Lipinski definition) is 1. The second kappa shape index (κ2) is 7.40. The van der Waals surface area contributed by atoms with E-state index in [-0.39, 0.29) is 6.10 Å². The molecule has 0 heterocycles. The van der Waals surface area contributed by atoms with Gasteiger partial charge in [0.2, 0.25) is 0 Å². The number of rotatable bonds is 6. The highest BCUT2D eigenvalue weighted by molar-refractivity contribution is 5.46. The number of aryl methyl sites for hydroxylation is 1. The van der Waals surface area contributed by atoms with Gasteiger partial charge in [0.25, 0.3) is 0 Å². The minimum Gasteiger partial charge on any atom is -0.489 e. The van der Waals surface area contributed by atoms with Gasteiger partial charge in [0.05, 0.1) is 12.1 Å². The number of nitrogens with one attached hydrogen (secondary N) is 1. The van der Waals surface area contributed by atoms with Gasteiger partial charge in [0.15, 0.2) is 0 Å². The summed E-state index contributed by atoms with van der Waals surface area (Å²) in [6.07, 6.45) is -3.54. The summed E-state index contributed by atoms with van der Waals surface area (Å²) in [7, 11) is 0. The van der Waals surface area contributed by atoms with Crippen LogP contribution < -0.4 is 10.1 Å². The Labute approximate surface area is 134 Å². The number of hydrogen-bond acceptors (Lipinski definition) is 2. The second-order valence-electron chi connectivity index (χ2n) is 5.39. The molecule has 0 aliphatic heterocycles. The first-order chi connectivity index (χ1) is 10.9. The number of halogens is 3. The average Bonchev–Trinajstić information content (AvgIpc) is 2.53. The van der Waals surface area contributed by atoms with Gasteiger partial charge in [-0.15, -0.1) is 0 Å². The summed E-state index contributed by atoms with van der Waals surface area (Å²) in [6, 6.07) is 13.0. The standard InChI is InChI=1S/C18H20F3NO/c1-3-14-7-9-17(10-8-14)23-13(2)12-22-16-6-4-5-15(11-16)18(19,20)21/h4-11,13,22H,3,12H2,1-2H3. The van der Waals surface area contributed by atoms with E-state index in [0.717, 1.165) is 24.3 Å². The lowest BCUT2D eigenvalue weighted by molar-refractivity contribution is -0.137. The molecule has 23 heavy (non-hydrogen) atoms. The molecule has 5 heteroatoms. The first-order valence-corrected chi connectivity index (χ1v) is 7.55. The van der Waals surface area contributed by atoms with Crippen molar-refractivity contribution in [3.05, 3.63) is 59.7 Å². The van der Waals surface area contributed by atoms with Gasteiger partial charge in [0, 0.05) is 5.69 Å². The SMILES string of the molecule is CCc1ccc(OC(C)CNc2cccc(C(F)(F)F)c2)cc1. The van der Waals surface area contributed by atoms with Crippen LogP contribution in [0.25, 0.3) is 0 Å². The number of ether oxygens (including phenoxy) is 1. The van der Waals surface area contributed by atoms with Crippen LogP contribution in [-0.4, -0.2) is 12.6 Å². The quantitative estimate of drug-likeness (QED) is 0.794. The van der Waals surface area contributed by atoms with Crippen molar-refractivity contribution < 1.29 is 17.9 Å². The molecule has 0 saturated carbocycles. The molecule has 2 nitrogen and oxygen atoms in total. The van der Waals surface area contributed by atoms with E-state index in [1.807, 2.05) is 31.2 Å². The third-order valence-electron chi connectivity index (χ3n) is 3.45. The van der Waals surface area contributed by atoms with Gasteiger partial charge in [-0.05, 0) is 49.2 Å². The normalized spacial score (nSPS) is 12.7. The largest absolute Gasteiger partial charge is 0.489 e. The van der Waals surface area contributed by atoms with Gasteiger partial charge in [-0.25, -0.2) is 0 Å². The molecule has 0 bridgehead atoms. The van der Waals surface area contributed by atoms with E-state index < -0.39 is 11.7 Å². The average molecular weight is 323 g/mol. The van der Waals surface area contributed by atoms with Crippen LogP contribution in [0.15, 0.2) is 48.5 Å². The van der Waals surface area contributed by atoms with E-state index in [2.05, 4.69) is 12.2 Å². The van der Waals surface area contributed by atoms with Gasteiger partial charge < -0.3 is 10.1 Å². The van der Waals surface area contributed by atoms with Gasteiger partial charge >= 0.3 is 6.18 Å². The molecule has 1 N–H and O–H groups in total. The summed E-state index contributed by atoms with van der Waals surface area (Å²) in [4.78, 5) is 0. The van der Waals surface area contributed by atoms with E-state index >= 15 is 0 Å². The number of alkyl halides is 3. The fraction of sp³-hybridized carbons (Fsp3) is 0.333. The fourth-order valence-electron chi connectivity index (χ4n) is 2.14. The van der Waals surface area contributed by atoms with Crippen molar-refractivity contribution >= 4 is 5.69 Å². The molecule has 0 aliphatic carbocycles. The molecule has 124 valence electrons. The van der Waals surface area contributed by atoms with Gasteiger partial charge in [-0.1, -0.05) is 25.1 Å². The first kappa shape index (κ1) is 17.2. The lowest BCUT2D eigenvalue weighted by Gasteiger charge is -2.17. The van der Waals surface area contributed by atoms with Crippen LogP contribution >= 0.6 is 0 Å². The van der Waals surface area contributed by atoms with Crippen molar-refractivity contribution in [3.63, 3.8) is 0 Å². The summed E-state index contributed by atoms with van der Waals surface area (Å²) in [5.74, 6) is 0.751. The molecule has 0 spiro atoms. The molecular weight excluding hydrogens is 303 g/mol. The highest BCUT2D eigenvalue weighted by atomic mass is 19.4.